The third-order valence-electron chi connectivity index (χ3n) is 4.06. The van der Waals surface area contributed by atoms with Crippen molar-refractivity contribution in [2.45, 2.75) is 56.9 Å². The number of aryl methyl sites for hydroxylation is 2. The molecule has 4 nitrogen and oxygen atoms in total. The first kappa shape index (κ1) is 14.4. The van der Waals surface area contributed by atoms with Crippen LogP contribution < -0.4 is 0 Å². The molecule has 1 saturated carbocycles. The fourth-order valence-corrected chi connectivity index (χ4v) is 4.03. The average molecular weight is 283 g/mol. The minimum atomic E-state index is -0.688. The van der Waals surface area contributed by atoms with Gasteiger partial charge >= 0.3 is 5.97 Å². The van der Waals surface area contributed by atoms with Crippen molar-refractivity contribution in [3.05, 3.63) is 11.5 Å². The molecule has 5 heteroatoms. The summed E-state index contributed by atoms with van der Waals surface area (Å²) in [5.41, 5.74) is 0.886. The molecule has 19 heavy (non-hydrogen) atoms. The maximum atomic E-state index is 11.4. The summed E-state index contributed by atoms with van der Waals surface area (Å²) in [6.07, 6.45) is 3.85. The number of hydrogen-bond acceptors (Lipinski definition) is 4. The number of hydrogen-bond donors (Lipinski definition) is 1. The summed E-state index contributed by atoms with van der Waals surface area (Å²) in [5.74, 6) is 0.481. The van der Waals surface area contributed by atoms with Crippen LogP contribution in [-0.2, 0) is 4.79 Å². The van der Waals surface area contributed by atoms with Crippen LogP contribution in [0.4, 0.5) is 0 Å². The van der Waals surface area contributed by atoms with Crippen molar-refractivity contribution < 1.29 is 14.3 Å². The molecule has 2 rings (SSSR count). The maximum Gasteiger partial charge on any atom is 0.307 e. The average Bonchev–Trinajstić information content (AvgIpc) is 2.67. The Kier molecular flexibility index (Phi) is 4.55. The van der Waals surface area contributed by atoms with E-state index in [1.54, 1.807) is 0 Å². The highest BCUT2D eigenvalue weighted by Crippen LogP contribution is 2.41. The fraction of sp³-hybridized carbons (Fsp3) is 0.714. The number of thioether (sulfide) groups is 1. The summed E-state index contributed by atoms with van der Waals surface area (Å²) in [4.78, 5) is 15.7. The van der Waals surface area contributed by atoms with Gasteiger partial charge in [0.25, 0.3) is 5.22 Å². The quantitative estimate of drug-likeness (QED) is 0.913. The molecule has 1 aliphatic rings. The Labute approximate surface area is 118 Å². The van der Waals surface area contributed by atoms with Gasteiger partial charge in [0.05, 0.1) is 11.6 Å². The highest BCUT2D eigenvalue weighted by atomic mass is 32.2. The highest BCUT2D eigenvalue weighted by Gasteiger charge is 2.36. The molecule has 1 aliphatic carbocycles. The lowest BCUT2D eigenvalue weighted by Crippen LogP contribution is -2.32. The van der Waals surface area contributed by atoms with E-state index in [0.29, 0.717) is 11.1 Å². The molecule has 106 valence electrons. The van der Waals surface area contributed by atoms with Gasteiger partial charge in [-0.25, -0.2) is 4.98 Å². The summed E-state index contributed by atoms with van der Waals surface area (Å²) in [6.45, 7) is 5.97. The Morgan fingerprint density at radius 2 is 2.21 bits per heavy atom. The molecule has 0 aliphatic heterocycles. The molecular formula is C14H21NO3S. The third-order valence-corrected chi connectivity index (χ3v) is 5.26. The molecule has 0 amide bonds. The molecule has 0 spiro atoms. The number of aromatic nitrogens is 1. The van der Waals surface area contributed by atoms with Crippen LogP contribution in [0, 0.1) is 25.7 Å². The van der Waals surface area contributed by atoms with Gasteiger partial charge in [-0.2, -0.15) is 0 Å². The third kappa shape index (κ3) is 3.32. The molecular weight excluding hydrogens is 262 g/mol. The van der Waals surface area contributed by atoms with Crippen molar-refractivity contribution in [2.75, 3.05) is 0 Å². The first-order chi connectivity index (χ1) is 9.01. The fourth-order valence-electron chi connectivity index (χ4n) is 2.62. The topological polar surface area (TPSA) is 63.3 Å². The van der Waals surface area contributed by atoms with Gasteiger partial charge in [-0.1, -0.05) is 25.1 Å². The molecule has 0 aromatic carbocycles. The van der Waals surface area contributed by atoms with E-state index in [1.165, 1.54) is 11.8 Å². The Bertz CT molecular complexity index is 438. The zero-order valence-corrected chi connectivity index (χ0v) is 12.5. The molecule has 0 saturated heterocycles. The summed E-state index contributed by atoms with van der Waals surface area (Å²) in [5, 5.41) is 10.0. The van der Waals surface area contributed by atoms with Crippen LogP contribution >= 0.6 is 11.8 Å². The zero-order valence-electron chi connectivity index (χ0n) is 11.7. The maximum absolute atomic E-state index is 11.4. The van der Waals surface area contributed by atoms with Crippen molar-refractivity contribution in [1.82, 2.24) is 4.98 Å². The van der Waals surface area contributed by atoms with Gasteiger partial charge in [0.2, 0.25) is 0 Å². The number of rotatable bonds is 4. The van der Waals surface area contributed by atoms with Gasteiger partial charge in [0, 0.05) is 5.25 Å². The molecule has 0 bridgehead atoms. The van der Waals surface area contributed by atoms with Crippen LogP contribution in [0.2, 0.25) is 0 Å². The minimum Gasteiger partial charge on any atom is -0.481 e. The highest BCUT2D eigenvalue weighted by molar-refractivity contribution is 7.99. The van der Waals surface area contributed by atoms with Gasteiger partial charge in [-0.15, -0.1) is 0 Å². The predicted octanol–water partition coefficient (Wildman–Crippen LogP) is 3.66. The molecule has 1 aromatic heterocycles. The lowest BCUT2D eigenvalue weighted by atomic mass is 9.80. The lowest BCUT2D eigenvalue weighted by Gasteiger charge is -2.32. The summed E-state index contributed by atoms with van der Waals surface area (Å²) >= 11 is 1.50. The number of oxazole rings is 1. The van der Waals surface area contributed by atoms with Crippen molar-refractivity contribution in [2.24, 2.45) is 11.8 Å². The summed E-state index contributed by atoms with van der Waals surface area (Å²) in [7, 11) is 0. The molecule has 0 radical (unpaired) electrons. The second-order valence-electron chi connectivity index (χ2n) is 5.31. The van der Waals surface area contributed by atoms with E-state index in [4.69, 9.17) is 4.42 Å². The van der Waals surface area contributed by atoms with Gasteiger partial charge in [-0.3, -0.25) is 4.79 Å². The van der Waals surface area contributed by atoms with E-state index in [0.717, 1.165) is 37.1 Å². The minimum absolute atomic E-state index is 0.0775. The Morgan fingerprint density at radius 3 is 2.74 bits per heavy atom. The predicted molar refractivity (Wildman–Crippen MR) is 74.4 cm³/mol. The van der Waals surface area contributed by atoms with Crippen molar-refractivity contribution in [3.8, 4) is 0 Å². The molecule has 1 aromatic rings. The van der Waals surface area contributed by atoms with Crippen molar-refractivity contribution >= 4 is 17.7 Å². The number of carbonyl (C=O) groups is 1. The van der Waals surface area contributed by atoms with Crippen LogP contribution in [0.1, 0.15) is 44.1 Å². The first-order valence-electron chi connectivity index (χ1n) is 6.84. The molecule has 1 heterocycles. The summed E-state index contributed by atoms with van der Waals surface area (Å²) < 4.78 is 5.57. The summed E-state index contributed by atoms with van der Waals surface area (Å²) in [6, 6.07) is 0. The van der Waals surface area contributed by atoms with E-state index < -0.39 is 5.97 Å². The number of nitrogens with zero attached hydrogens (tertiary/aromatic N) is 1. The molecule has 3 unspecified atom stereocenters. The normalized spacial score (nSPS) is 27.4. The second-order valence-corrected chi connectivity index (χ2v) is 6.50. The largest absolute Gasteiger partial charge is 0.481 e. The van der Waals surface area contributed by atoms with Crippen LogP contribution in [0.25, 0.3) is 0 Å². The Morgan fingerprint density at radius 1 is 1.47 bits per heavy atom. The van der Waals surface area contributed by atoms with Crippen LogP contribution in [-0.4, -0.2) is 21.3 Å². The van der Waals surface area contributed by atoms with Gasteiger partial charge in [0.1, 0.15) is 5.76 Å². The van der Waals surface area contributed by atoms with Gasteiger partial charge < -0.3 is 9.52 Å². The van der Waals surface area contributed by atoms with Crippen LogP contribution in [0.5, 0.6) is 0 Å². The Balaban J connectivity index is 2.10. The lowest BCUT2D eigenvalue weighted by molar-refractivity contribution is -0.142. The number of carboxylic acid groups (broad SMARTS) is 1. The van der Waals surface area contributed by atoms with Crippen molar-refractivity contribution in [3.63, 3.8) is 0 Å². The SMILES string of the molecule is CCC1CCC(C(=O)O)C(Sc2nc(C)c(C)o2)C1. The van der Waals surface area contributed by atoms with E-state index in [2.05, 4.69) is 11.9 Å². The number of aliphatic carboxylic acids is 1. The van der Waals surface area contributed by atoms with Gasteiger partial charge in [0.15, 0.2) is 0 Å². The molecule has 1 fully saturated rings. The van der Waals surface area contributed by atoms with E-state index in [-0.39, 0.29) is 11.2 Å². The number of carboxylic acids is 1. The van der Waals surface area contributed by atoms with Crippen molar-refractivity contribution in [1.29, 1.82) is 0 Å². The standard InChI is InChI=1S/C14H21NO3S/c1-4-10-5-6-11(13(16)17)12(7-10)19-14-15-8(2)9(3)18-14/h10-12H,4-7H2,1-3H3,(H,16,17). The molecule has 3 atom stereocenters. The smallest absolute Gasteiger partial charge is 0.307 e. The monoisotopic (exact) mass is 283 g/mol. The van der Waals surface area contributed by atoms with Crippen LogP contribution in [0.3, 0.4) is 0 Å². The van der Waals surface area contributed by atoms with Gasteiger partial charge in [-0.05, 0) is 39.0 Å². The molecule has 1 N–H and O–H groups in total. The van der Waals surface area contributed by atoms with Crippen LogP contribution in [0.15, 0.2) is 9.64 Å². The zero-order chi connectivity index (χ0) is 14.0. The second kappa shape index (κ2) is 5.99. The first-order valence-corrected chi connectivity index (χ1v) is 7.72. The van der Waals surface area contributed by atoms with E-state index in [1.807, 2.05) is 13.8 Å². The van der Waals surface area contributed by atoms with E-state index in [9.17, 15) is 9.90 Å². The Hall–Kier alpha value is -0.970. The van der Waals surface area contributed by atoms with E-state index >= 15 is 0 Å².